The van der Waals surface area contributed by atoms with Gasteiger partial charge in [0.25, 0.3) is 11.8 Å². The number of fused-ring (bicyclic) bond motifs is 6. The van der Waals surface area contributed by atoms with E-state index < -0.39 is 0 Å². The average molecular weight is 457 g/mol. The third kappa shape index (κ3) is 3.35. The van der Waals surface area contributed by atoms with E-state index in [1.807, 2.05) is 30.3 Å². The average Bonchev–Trinajstić information content (AvgIpc) is 3.51. The van der Waals surface area contributed by atoms with Crippen molar-refractivity contribution < 1.29 is 14.3 Å². The van der Waals surface area contributed by atoms with Crippen molar-refractivity contribution >= 4 is 40.4 Å². The maximum atomic E-state index is 12.8. The maximum absolute atomic E-state index is 12.8. The van der Waals surface area contributed by atoms with Crippen molar-refractivity contribution in [2.75, 3.05) is 0 Å². The van der Waals surface area contributed by atoms with Gasteiger partial charge in [-0.1, -0.05) is 66.2 Å². The van der Waals surface area contributed by atoms with Crippen LogP contribution in [0.2, 0.25) is 5.02 Å². The first-order valence-corrected chi connectivity index (χ1v) is 11.5. The lowest BCUT2D eigenvalue weighted by molar-refractivity contribution is -0.140. The molecule has 2 fully saturated rings. The second kappa shape index (κ2) is 7.85. The van der Waals surface area contributed by atoms with E-state index in [0.29, 0.717) is 22.9 Å². The van der Waals surface area contributed by atoms with Crippen LogP contribution < -0.4 is 4.74 Å². The van der Waals surface area contributed by atoms with Crippen LogP contribution in [0.4, 0.5) is 0 Å². The van der Waals surface area contributed by atoms with Crippen molar-refractivity contribution in [1.82, 2.24) is 5.01 Å². The highest BCUT2D eigenvalue weighted by atomic mass is 35.5. The van der Waals surface area contributed by atoms with Crippen LogP contribution in [0.3, 0.4) is 0 Å². The Hall–Kier alpha value is -3.44. The lowest BCUT2D eigenvalue weighted by Gasteiger charge is -2.13. The van der Waals surface area contributed by atoms with E-state index in [1.54, 1.807) is 12.1 Å². The summed E-state index contributed by atoms with van der Waals surface area (Å²) >= 11 is 6.45. The lowest BCUT2D eigenvalue weighted by atomic mass is 9.85. The highest BCUT2D eigenvalue weighted by Crippen LogP contribution is 2.52. The zero-order chi connectivity index (χ0) is 22.5. The topological polar surface area (TPSA) is 59.0 Å². The fourth-order valence-electron chi connectivity index (χ4n) is 5.41. The summed E-state index contributed by atoms with van der Waals surface area (Å²) in [6.45, 7) is 0.393. The van der Waals surface area contributed by atoms with Crippen molar-refractivity contribution in [3.05, 3.63) is 89.0 Å². The molecule has 1 heterocycles. The molecule has 0 radical (unpaired) electrons. The van der Waals surface area contributed by atoms with Gasteiger partial charge < -0.3 is 4.74 Å². The molecule has 6 heteroatoms. The number of hydrogen-bond donors (Lipinski definition) is 0. The molecule has 0 aromatic heterocycles. The number of halogens is 1. The minimum atomic E-state index is -0.252. The molecule has 2 amide bonds. The number of ether oxygens (including phenoxy) is 1. The summed E-state index contributed by atoms with van der Waals surface area (Å²) in [5.41, 5.74) is 1.77. The summed E-state index contributed by atoms with van der Waals surface area (Å²) < 4.78 is 5.98. The summed E-state index contributed by atoms with van der Waals surface area (Å²) in [5.74, 6) is 0.00965. The van der Waals surface area contributed by atoms with Crippen molar-refractivity contribution in [2.24, 2.45) is 28.8 Å². The Morgan fingerprint density at radius 2 is 1.70 bits per heavy atom. The van der Waals surface area contributed by atoms with Gasteiger partial charge in [-0.2, -0.15) is 10.1 Å². The largest absolute Gasteiger partial charge is 0.487 e. The number of hydrogen-bond acceptors (Lipinski definition) is 4. The van der Waals surface area contributed by atoms with E-state index in [4.69, 9.17) is 16.3 Å². The number of benzene rings is 3. The monoisotopic (exact) mass is 456 g/mol. The second-order valence-corrected chi connectivity index (χ2v) is 9.26. The zero-order valence-electron chi connectivity index (χ0n) is 17.7. The van der Waals surface area contributed by atoms with Gasteiger partial charge in [-0.25, -0.2) is 0 Å². The van der Waals surface area contributed by atoms with Crippen molar-refractivity contribution in [3.63, 3.8) is 0 Å². The normalized spacial score (nSPS) is 25.5. The molecule has 2 bridgehead atoms. The molecule has 6 rings (SSSR count). The number of allylic oxidation sites excluding steroid dienone is 2. The minimum Gasteiger partial charge on any atom is -0.487 e. The van der Waals surface area contributed by atoms with Crippen LogP contribution in [0.15, 0.2) is 77.9 Å². The first-order valence-electron chi connectivity index (χ1n) is 11.1. The molecular formula is C27H21ClN2O3. The fraction of sp³-hybridized carbons (Fsp3) is 0.222. The molecule has 1 aliphatic heterocycles. The lowest BCUT2D eigenvalue weighted by Crippen LogP contribution is -2.28. The Labute approximate surface area is 196 Å². The number of carbonyl (C=O) groups is 2. The molecule has 4 atom stereocenters. The van der Waals surface area contributed by atoms with Crippen LogP contribution in [0.25, 0.3) is 10.8 Å². The Bertz CT molecular complexity index is 1310. The Kier molecular flexibility index (Phi) is 4.80. The molecule has 4 unspecified atom stereocenters. The Morgan fingerprint density at radius 1 is 0.970 bits per heavy atom. The van der Waals surface area contributed by atoms with Gasteiger partial charge in [-0.3, -0.25) is 9.59 Å². The van der Waals surface area contributed by atoms with Crippen LogP contribution in [0.5, 0.6) is 5.75 Å². The van der Waals surface area contributed by atoms with E-state index in [9.17, 15) is 9.59 Å². The summed E-state index contributed by atoms with van der Waals surface area (Å²) in [6, 6.07) is 19.6. The number of amides is 2. The SMILES string of the molecule is O=C1C2C3C=CC(C3)C2C(=O)N1N=Cc1ccc(OCc2cccc3ccccc23)c(Cl)c1. The van der Waals surface area contributed by atoms with E-state index in [1.165, 1.54) is 6.21 Å². The fourth-order valence-corrected chi connectivity index (χ4v) is 5.66. The molecule has 1 saturated heterocycles. The second-order valence-electron chi connectivity index (χ2n) is 8.85. The predicted molar refractivity (Wildman–Crippen MR) is 127 cm³/mol. The maximum Gasteiger partial charge on any atom is 0.254 e. The van der Waals surface area contributed by atoms with Crippen LogP contribution in [0, 0.1) is 23.7 Å². The van der Waals surface area contributed by atoms with Gasteiger partial charge in [0.2, 0.25) is 0 Å². The molecule has 33 heavy (non-hydrogen) atoms. The summed E-state index contributed by atoms with van der Waals surface area (Å²) in [7, 11) is 0. The third-order valence-corrected chi connectivity index (χ3v) is 7.28. The van der Waals surface area contributed by atoms with E-state index in [2.05, 4.69) is 35.5 Å². The molecule has 5 nitrogen and oxygen atoms in total. The molecule has 3 aromatic rings. The molecule has 0 N–H and O–H groups in total. The Balaban J connectivity index is 1.16. The van der Waals surface area contributed by atoms with Crippen LogP contribution in [-0.4, -0.2) is 23.0 Å². The first-order chi connectivity index (χ1) is 16.1. The van der Waals surface area contributed by atoms with Gasteiger partial charge >= 0.3 is 0 Å². The number of imide groups is 1. The number of nitrogens with zero attached hydrogens (tertiary/aromatic N) is 2. The van der Waals surface area contributed by atoms with Crippen molar-refractivity contribution in [1.29, 1.82) is 0 Å². The van der Waals surface area contributed by atoms with E-state index in [0.717, 1.165) is 27.8 Å². The first kappa shape index (κ1) is 20.2. The summed E-state index contributed by atoms with van der Waals surface area (Å²) in [6.07, 6.45) is 6.55. The highest BCUT2D eigenvalue weighted by Gasteiger charge is 2.59. The molecule has 3 aliphatic rings. The quantitative estimate of drug-likeness (QED) is 0.300. The number of hydrazone groups is 1. The molecule has 3 aromatic carbocycles. The van der Waals surface area contributed by atoms with Crippen LogP contribution in [-0.2, 0) is 16.2 Å². The smallest absolute Gasteiger partial charge is 0.254 e. The molecular weight excluding hydrogens is 436 g/mol. The Morgan fingerprint density at radius 3 is 2.45 bits per heavy atom. The van der Waals surface area contributed by atoms with Gasteiger partial charge in [0.1, 0.15) is 12.4 Å². The molecule has 1 saturated carbocycles. The zero-order valence-corrected chi connectivity index (χ0v) is 18.5. The third-order valence-electron chi connectivity index (χ3n) is 6.99. The van der Waals surface area contributed by atoms with Gasteiger partial charge in [0.05, 0.1) is 23.1 Å². The number of carbonyl (C=O) groups excluding carboxylic acids is 2. The van der Waals surface area contributed by atoms with Gasteiger partial charge in [0, 0.05) is 0 Å². The van der Waals surface area contributed by atoms with Gasteiger partial charge in [-0.05, 0) is 58.4 Å². The number of rotatable bonds is 5. The van der Waals surface area contributed by atoms with Gasteiger partial charge in [-0.15, -0.1) is 0 Å². The summed E-state index contributed by atoms with van der Waals surface area (Å²) in [5, 5.41) is 8.01. The minimum absolute atomic E-state index is 0.171. The molecule has 164 valence electrons. The van der Waals surface area contributed by atoms with Crippen LogP contribution >= 0.6 is 11.6 Å². The van der Waals surface area contributed by atoms with E-state index >= 15 is 0 Å². The van der Waals surface area contributed by atoms with Crippen molar-refractivity contribution in [3.8, 4) is 5.75 Å². The van der Waals surface area contributed by atoms with Gasteiger partial charge in [0.15, 0.2) is 0 Å². The summed E-state index contributed by atoms with van der Waals surface area (Å²) in [4.78, 5) is 25.5. The van der Waals surface area contributed by atoms with Crippen molar-refractivity contribution in [2.45, 2.75) is 13.0 Å². The molecule has 0 spiro atoms. The highest BCUT2D eigenvalue weighted by molar-refractivity contribution is 6.32. The van der Waals surface area contributed by atoms with Crippen LogP contribution in [0.1, 0.15) is 17.5 Å². The predicted octanol–water partition coefficient (Wildman–Crippen LogP) is 5.21. The molecule has 2 aliphatic carbocycles. The van der Waals surface area contributed by atoms with E-state index in [-0.39, 0.29) is 35.5 Å². The standard InChI is InChI=1S/C27H21ClN2O3/c28-22-12-16(14-29-30-26(31)24-18-9-10-19(13-18)25(24)27(30)32)8-11-23(22)33-15-20-6-3-5-17-4-1-2-7-21(17)20/h1-12,14,18-19,24-25H,13,15H2.